The lowest BCUT2D eigenvalue weighted by molar-refractivity contribution is 0.671. The first kappa shape index (κ1) is 32.8. The fourth-order valence-electron chi connectivity index (χ4n) is 8.50. The van der Waals surface area contributed by atoms with Crippen LogP contribution in [0.2, 0.25) is 0 Å². The minimum absolute atomic E-state index is 0.893. The molecule has 0 aliphatic carbocycles. The molecule has 0 unspecified atom stereocenters. The van der Waals surface area contributed by atoms with E-state index in [2.05, 4.69) is 222 Å². The van der Waals surface area contributed by atoms with Gasteiger partial charge in [0.1, 0.15) is 5.58 Å². The molecule has 3 heteroatoms. The lowest BCUT2D eigenvalue weighted by atomic mass is 9.95. The Bertz CT molecular complexity index is 3180. The second kappa shape index (κ2) is 13.6. The summed E-state index contributed by atoms with van der Waals surface area (Å²) in [7, 11) is 0. The van der Waals surface area contributed by atoms with Gasteiger partial charge in [0.15, 0.2) is 5.58 Å². The second-order valence-electron chi connectivity index (χ2n) is 14.5. The minimum Gasteiger partial charge on any atom is -0.454 e. The van der Waals surface area contributed by atoms with Gasteiger partial charge >= 0.3 is 0 Å². The van der Waals surface area contributed by atoms with Crippen LogP contribution in [0.3, 0.4) is 0 Å². The van der Waals surface area contributed by atoms with Crippen molar-refractivity contribution in [3.05, 3.63) is 218 Å². The van der Waals surface area contributed by atoms with Gasteiger partial charge in [-0.15, -0.1) is 0 Å². The van der Waals surface area contributed by atoms with Crippen molar-refractivity contribution in [2.24, 2.45) is 0 Å². The molecule has 0 atom stereocenters. The van der Waals surface area contributed by atoms with E-state index in [4.69, 9.17) is 4.42 Å². The third-order valence-electron chi connectivity index (χ3n) is 11.2. The molecule has 0 saturated carbocycles. The summed E-state index contributed by atoms with van der Waals surface area (Å²) in [6.07, 6.45) is 0. The summed E-state index contributed by atoms with van der Waals surface area (Å²) in [4.78, 5) is 2.31. The molecule has 2 aromatic heterocycles. The van der Waals surface area contributed by atoms with Gasteiger partial charge in [-0.2, -0.15) is 0 Å². The van der Waals surface area contributed by atoms with Crippen molar-refractivity contribution in [3.63, 3.8) is 0 Å². The van der Waals surface area contributed by atoms with E-state index in [1.165, 1.54) is 38.6 Å². The molecule has 57 heavy (non-hydrogen) atoms. The zero-order valence-corrected chi connectivity index (χ0v) is 31.1. The Labute approximate surface area is 330 Å². The van der Waals surface area contributed by atoms with E-state index in [0.717, 1.165) is 61.3 Å². The van der Waals surface area contributed by atoms with Crippen LogP contribution in [0, 0.1) is 0 Å². The molecule has 0 saturated heterocycles. The standard InChI is InChI=1S/C54H36N2O/c1-4-14-37(15-5-1)39-28-32-44(33-29-39)55(42-16-6-2-7-17-42)45-34-30-40(31-35-45)38-24-26-41(27-25-38)48-36-49-46-20-11-13-23-51(46)57-54(49)53-52(48)47-21-10-12-22-50(47)56(53)43-18-8-3-9-19-43/h1-36H. The molecule has 0 N–H and O–H groups in total. The van der Waals surface area contributed by atoms with E-state index in [1.54, 1.807) is 0 Å². The molecule has 2 heterocycles. The first-order chi connectivity index (χ1) is 28.3. The van der Waals surface area contributed by atoms with Crippen LogP contribution in [0.1, 0.15) is 0 Å². The van der Waals surface area contributed by atoms with Crippen LogP contribution in [0.5, 0.6) is 0 Å². The smallest absolute Gasteiger partial charge is 0.160 e. The molecule has 0 aliphatic heterocycles. The number of hydrogen-bond donors (Lipinski definition) is 0. The number of benzene rings is 9. The SMILES string of the molecule is c1ccc(-c2ccc(N(c3ccccc3)c3ccc(-c4ccc(-c5cc6c7ccccc7oc6c6c5c5ccccc5n6-c5ccccc5)cc4)cc3)cc2)cc1. The van der Waals surface area contributed by atoms with Crippen molar-refractivity contribution in [2.45, 2.75) is 0 Å². The molecular formula is C54H36N2O. The molecule has 268 valence electrons. The fraction of sp³-hybridized carbons (Fsp3) is 0. The normalized spacial score (nSPS) is 11.5. The summed E-state index contributed by atoms with van der Waals surface area (Å²) in [5, 5.41) is 4.63. The van der Waals surface area contributed by atoms with Gasteiger partial charge in [0.25, 0.3) is 0 Å². The van der Waals surface area contributed by atoms with Crippen LogP contribution in [-0.2, 0) is 0 Å². The molecule has 0 bridgehead atoms. The van der Waals surface area contributed by atoms with Gasteiger partial charge < -0.3 is 13.9 Å². The quantitative estimate of drug-likeness (QED) is 0.163. The zero-order valence-electron chi connectivity index (χ0n) is 31.1. The molecule has 9 aromatic carbocycles. The van der Waals surface area contributed by atoms with Gasteiger partial charge in [-0.1, -0.05) is 152 Å². The molecule has 3 nitrogen and oxygen atoms in total. The van der Waals surface area contributed by atoms with Crippen LogP contribution >= 0.6 is 0 Å². The Balaban J connectivity index is 1.00. The molecular weight excluding hydrogens is 693 g/mol. The van der Waals surface area contributed by atoms with Crippen LogP contribution in [-0.4, -0.2) is 4.57 Å². The third-order valence-corrected chi connectivity index (χ3v) is 11.2. The number of fused-ring (bicyclic) bond motifs is 7. The number of para-hydroxylation sites is 4. The summed E-state index contributed by atoms with van der Waals surface area (Å²) in [6, 6.07) is 77.9. The lowest BCUT2D eigenvalue weighted by Crippen LogP contribution is -2.09. The highest BCUT2D eigenvalue weighted by Gasteiger charge is 2.23. The molecule has 0 radical (unpaired) electrons. The van der Waals surface area contributed by atoms with Gasteiger partial charge in [0.2, 0.25) is 0 Å². The Hall–Kier alpha value is -7.62. The minimum atomic E-state index is 0.893. The highest BCUT2D eigenvalue weighted by molar-refractivity contribution is 6.26. The highest BCUT2D eigenvalue weighted by atomic mass is 16.3. The zero-order chi connectivity index (χ0) is 37.7. The van der Waals surface area contributed by atoms with Gasteiger partial charge in [-0.25, -0.2) is 0 Å². The fourth-order valence-corrected chi connectivity index (χ4v) is 8.50. The van der Waals surface area contributed by atoms with Crippen molar-refractivity contribution in [1.82, 2.24) is 4.57 Å². The molecule has 11 rings (SSSR count). The van der Waals surface area contributed by atoms with Crippen molar-refractivity contribution in [3.8, 4) is 39.1 Å². The molecule has 0 aliphatic rings. The van der Waals surface area contributed by atoms with Crippen molar-refractivity contribution >= 4 is 60.8 Å². The van der Waals surface area contributed by atoms with Crippen LogP contribution in [0.25, 0.3) is 82.8 Å². The molecule has 0 fully saturated rings. The monoisotopic (exact) mass is 728 g/mol. The summed E-state index contributed by atoms with van der Waals surface area (Å²) >= 11 is 0. The Kier molecular flexibility index (Phi) is 7.82. The maximum absolute atomic E-state index is 6.71. The van der Waals surface area contributed by atoms with E-state index in [1.807, 2.05) is 6.07 Å². The molecule has 0 spiro atoms. The van der Waals surface area contributed by atoms with Gasteiger partial charge in [0.05, 0.1) is 11.0 Å². The van der Waals surface area contributed by atoms with E-state index in [0.29, 0.717) is 0 Å². The predicted molar refractivity (Wildman–Crippen MR) is 239 cm³/mol. The number of aromatic nitrogens is 1. The first-order valence-corrected chi connectivity index (χ1v) is 19.4. The third kappa shape index (κ3) is 5.60. The average molecular weight is 729 g/mol. The lowest BCUT2D eigenvalue weighted by Gasteiger charge is -2.26. The van der Waals surface area contributed by atoms with Gasteiger partial charge in [-0.05, 0) is 100 Å². The van der Waals surface area contributed by atoms with E-state index >= 15 is 0 Å². The Morgan fingerprint density at radius 2 is 0.842 bits per heavy atom. The van der Waals surface area contributed by atoms with Gasteiger partial charge in [-0.3, -0.25) is 0 Å². The number of anilines is 3. The Morgan fingerprint density at radius 1 is 0.368 bits per heavy atom. The van der Waals surface area contributed by atoms with E-state index in [-0.39, 0.29) is 0 Å². The van der Waals surface area contributed by atoms with Gasteiger partial charge in [0, 0.05) is 44.3 Å². The summed E-state index contributed by atoms with van der Waals surface area (Å²) < 4.78 is 9.07. The maximum atomic E-state index is 6.71. The number of nitrogens with zero attached hydrogens (tertiary/aromatic N) is 2. The number of furan rings is 1. The highest BCUT2D eigenvalue weighted by Crippen LogP contribution is 2.46. The number of hydrogen-bond acceptors (Lipinski definition) is 2. The van der Waals surface area contributed by atoms with E-state index < -0.39 is 0 Å². The molecule has 0 amide bonds. The second-order valence-corrected chi connectivity index (χ2v) is 14.5. The summed E-state index contributed by atoms with van der Waals surface area (Å²) in [6.45, 7) is 0. The molecule has 11 aromatic rings. The van der Waals surface area contributed by atoms with Crippen molar-refractivity contribution < 1.29 is 4.42 Å². The summed E-state index contributed by atoms with van der Waals surface area (Å²) in [5.41, 5.74) is 15.6. The van der Waals surface area contributed by atoms with Crippen LogP contribution in [0.15, 0.2) is 223 Å². The largest absolute Gasteiger partial charge is 0.454 e. The summed E-state index contributed by atoms with van der Waals surface area (Å²) in [5.74, 6) is 0. The van der Waals surface area contributed by atoms with Crippen LogP contribution in [0.4, 0.5) is 17.1 Å². The topological polar surface area (TPSA) is 21.3 Å². The van der Waals surface area contributed by atoms with Crippen LogP contribution < -0.4 is 4.90 Å². The van der Waals surface area contributed by atoms with Crippen molar-refractivity contribution in [2.75, 3.05) is 4.90 Å². The maximum Gasteiger partial charge on any atom is 0.160 e. The first-order valence-electron chi connectivity index (χ1n) is 19.4. The average Bonchev–Trinajstić information content (AvgIpc) is 3.84. The predicted octanol–water partition coefficient (Wildman–Crippen LogP) is 15.2. The van der Waals surface area contributed by atoms with E-state index in [9.17, 15) is 0 Å². The number of rotatable bonds is 7. The Morgan fingerprint density at radius 3 is 1.49 bits per heavy atom. The van der Waals surface area contributed by atoms with Crippen molar-refractivity contribution in [1.29, 1.82) is 0 Å².